The van der Waals surface area contributed by atoms with Crippen LogP contribution in [0, 0.1) is 11.7 Å². The molecule has 1 aliphatic heterocycles. The summed E-state index contributed by atoms with van der Waals surface area (Å²) in [6.45, 7) is 1.69. The van der Waals surface area contributed by atoms with Crippen LogP contribution < -0.4 is 21.5 Å². The van der Waals surface area contributed by atoms with Gasteiger partial charge in [-0.1, -0.05) is 24.4 Å². The van der Waals surface area contributed by atoms with Crippen molar-refractivity contribution in [3.63, 3.8) is 0 Å². The summed E-state index contributed by atoms with van der Waals surface area (Å²) in [6.07, 6.45) is 8.99. The first-order valence-corrected chi connectivity index (χ1v) is 14.8. The molecule has 3 heterocycles. The van der Waals surface area contributed by atoms with Gasteiger partial charge >= 0.3 is 0 Å². The molecule has 2 amide bonds. The molecular weight excluding hydrogens is 587 g/mol. The standard InChI is InChI=1S/C26H28ClFN6O2.C5H10N2O/c1-36-23-13-22-19(26(32-15-31-22)34-17-8-9-21(28)20(27)12-17)11-16(23)10-18-14-30-25(33-18)7-5-3-2-4-6-24(29)35;1-7-2-4(3-7)5(6)8/h8-9,11-15H,2-7,10H2,1H3,(H2,29,35)(H,30,33)(H,31,32,34);4H,2-3H2,1H3,(H2,6,8). The van der Waals surface area contributed by atoms with Gasteiger partial charge in [0.15, 0.2) is 0 Å². The zero-order valence-corrected chi connectivity index (χ0v) is 25.7. The molecular formula is C31H38ClFN8O3. The van der Waals surface area contributed by atoms with E-state index in [1.54, 1.807) is 13.2 Å². The third-order valence-electron chi connectivity index (χ3n) is 7.34. The molecule has 1 saturated heterocycles. The van der Waals surface area contributed by atoms with E-state index in [1.165, 1.54) is 18.5 Å². The lowest BCUT2D eigenvalue weighted by molar-refractivity contribution is -0.126. The van der Waals surface area contributed by atoms with Gasteiger partial charge in [0.05, 0.1) is 23.6 Å². The number of ether oxygens (including phenoxy) is 1. The molecule has 0 atom stereocenters. The molecule has 2 aromatic carbocycles. The number of nitrogens with zero attached hydrogens (tertiary/aromatic N) is 4. The van der Waals surface area contributed by atoms with Crippen molar-refractivity contribution < 1.29 is 18.7 Å². The van der Waals surface area contributed by atoms with Crippen LogP contribution in [-0.4, -0.2) is 63.9 Å². The second-order valence-corrected chi connectivity index (χ2v) is 11.3. The molecule has 4 aromatic rings. The number of carbonyl (C=O) groups excluding carboxylic acids is 2. The maximum atomic E-state index is 13.6. The molecule has 2 aromatic heterocycles. The Kier molecular flexibility index (Phi) is 11.4. The number of amides is 2. The van der Waals surface area contributed by atoms with E-state index in [1.807, 2.05) is 25.4 Å². The number of imidazole rings is 1. The molecule has 0 saturated carbocycles. The molecule has 5 rings (SSSR count). The van der Waals surface area contributed by atoms with Crippen molar-refractivity contribution in [1.82, 2.24) is 24.8 Å². The predicted octanol–water partition coefficient (Wildman–Crippen LogP) is 4.50. The van der Waals surface area contributed by atoms with Crippen molar-refractivity contribution in [2.24, 2.45) is 17.4 Å². The van der Waals surface area contributed by atoms with Gasteiger partial charge < -0.3 is 31.4 Å². The monoisotopic (exact) mass is 624 g/mol. The first-order valence-electron chi connectivity index (χ1n) is 14.5. The fourth-order valence-corrected chi connectivity index (χ4v) is 5.10. The van der Waals surface area contributed by atoms with Crippen molar-refractivity contribution in [2.75, 3.05) is 32.6 Å². The molecule has 0 bridgehead atoms. The minimum absolute atomic E-state index is 0.0291. The molecule has 0 spiro atoms. The van der Waals surface area contributed by atoms with E-state index in [0.717, 1.165) is 67.7 Å². The highest BCUT2D eigenvalue weighted by molar-refractivity contribution is 6.31. The van der Waals surface area contributed by atoms with Crippen LogP contribution in [0.3, 0.4) is 0 Å². The molecule has 44 heavy (non-hydrogen) atoms. The molecule has 1 fully saturated rings. The Morgan fingerprint density at radius 3 is 2.55 bits per heavy atom. The third-order valence-corrected chi connectivity index (χ3v) is 7.62. The van der Waals surface area contributed by atoms with Crippen LogP contribution >= 0.6 is 11.6 Å². The number of hydrogen-bond acceptors (Lipinski definition) is 8. The first-order chi connectivity index (χ1) is 21.1. The molecule has 1 aliphatic rings. The van der Waals surface area contributed by atoms with Gasteiger partial charge in [0.2, 0.25) is 11.8 Å². The Morgan fingerprint density at radius 1 is 1.11 bits per heavy atom. The maximum absolute atomic E-state index is 13.6. The van der Waals surface area contributed by atoms with Crippen LogP contribution in [0.4, 0.5) is 15.9 Å². The molecule has 11 nitrogen and oxygen atoms in total. The number of fused-ring (bicyclic) bond motifs is 1. The normalized spacial score (nSPS) is 13.2. The molecule has 6 N–H and O–H groups in total. The first kappa shape index (κ1) is 32.6. The average molecular weight is 625 g/mol. The van der Waals surface area contributed by atoms with Gasteiger partial charge in [-0.2, -0.15) is 0 Å². The van der Waals surface area contributed by atoms with Gasteiger partial charge in [-0.05, 0) is 44.2 Å². The smallest absolute Gasteiger partial charge is 0.223 e. The fourth-order valence-electron chi connectivity index (χ4n) is 4.92. The number of aromatic nitrogens is 4. The van der Waals surface area contributed by atoms with Crippen LogP contribution in [0.2, 0.25) is 5.02 Å². The molecule has 0 unspecified atom stereocenters. The summed E-state index contributed by atoms with van der Waals surface area (Å²) in [6, 6.07) is 8.28. The highest BCUT2D eigenvalue weighted by Gasteiger charge is 2.27. The Balaban J connectivity index is 0.000000479. The summed E-state index contributed by atoms with van der Waals surface area (Å²) in [5.74, 6) is 1.45. The van der Waals surface area contributed by atoms with Crippen LogP contribution in [0.5, 0.6) is 5.75 Å². The number of methoxy groups -OCH3 is 1. The van der Waals surface area contributed by atoms with E-state index in [9.17, 15) is 14.0 Å². The van der Waals surface area contributed by atoms with Crippen molar-refractivity contribution in [3.8, 4) is 5.75 Å². The topological polar surface area (TPSA) is 165 Å². The largest absolute Gasteiger partial charge is 0.496 e. The van der Waals surface area contributed by atoms with Crippen LogP contribution in [0.25, 0.3) is 10.9 Å². The second-order valence-electron chi connectivity index (χ2n) is 10.9. The minimum Gasteiger partial charge on any atom is -0.496 e. The van der Waals surface area contributed by atoms with Crippen LogP contribution in [0.1, 0.15) is 49.2 Å². The lowest BCUT2D eigenvalue weighted by Gasteiger charge is -2.33. The minimum atomic E-state index is -0.483. The fraction of sp³-hybridized carbons (Fsp3) is 0.387. The van der Waals surface area contributed by atoms with E-state index in [2.05, 4.69) is 30.2 Å². The van der Waals surface area contributed by atoms with E-state index in [4.69, 9.17) is 27.8 Å². The van der Waals surface area contributed by atoms with E-state index in [0.29, 0.717) is 35.6 Å². The summed E-state index contributed by atoms with van der Waals surface area (Å²) in [4.78, 5) is 39.9. The number of nitrogens with two attached hydrogens (primary N) is 2. The van der Waals surface area contributed by atoms with Gasteiger partial charge in [0.1, 0.15) is 29.5 Å². The van der Waals surface area contributed by atoms with Gasteiger partial charge in [0.25, 0.3) is 0 Å². The van der Waals surface area contributed by atoms with Crippen LogP contribution in [-0.2, 0) is 22.4 Å². The molecule has 0 radical (unpaired) electrons. The number of H-pyrrole nitrogens is 1. The Bertz CT molecular complexity index is 1590. The number of rotatable bonds is 13. The summed E-state index contributed by atoms with van der Waals surface area (Å²) >= 11 is 5.93. The van der Waals surface area contributed by atoms with E-state index >= 15 is 0 Å². The predicted molar refractivity (Wildman–Crippen MR) is 168 cm³/mol. The number of carbonyl (C=O) groups is 2. The molecule has 13 heteroatoms. The SMILES string of the molecule is CN1CC(C(N)=O)C1.COc1cc2ncnc(Nc3ccc(F)c(Cl)c3)c2cc1Cc1cnc(CCCCCCC(N)=O)[nH]1. The van der Waals surface area contributed by atoms with E-state index < -0.39 is 5.82 Å². The van der Waals surface area contributed by atoms with E-state index in [-0.39, 0.29) is 22.8 Å². The Morgan fingerprint density at radius 2 is 1.89 bits per heavy atom. The van der Waals surface area contributed by atoms with Crippen molar-refractivity contribution >= 4 is 45.8 Å². The van der Waals surface area contributed by atoms with Crippen molar-refractivity contribution in [1.29, 1.82) is 0 Å². The van der Waals surface area contributed by atoms with Crippen molar-refractivity contribution in [3.05, 3.63) is 70.8 Å². The number of unbranched alkanes of at least 4 members (excludes halogenated alkanes) is 3. The van der Waals surface area contributed by atoms with Crippen molar-refractivity contribution in [2.45, 2.75) is 44.9 Å². The number of aromatic amines is 1. The number of aryl methyl sites for hydroxylation is 1. The van der Waals surface area contributed by atoms with Crippen LogP contribution in [0.15, 0.2) is 42.9 Å². The molecule has 0 aliphatic carbocycles. The Hall–Kier alpha value is -4.29. The highest BCUT2D eigenvalue weighted by Crippen LogP contribution is 2.31. The summed E-state index contributed by atoms with van der Waals surface area (Å²) in [7, 11) is 3.60. The summed E-state index contributed by atoms with van der Waals surface area (Å²) in [5, 5.41) is 4.03. The lowest BCUT2D eigenvalue weighted by Crippen LogP contribution is -2.50. The van der Waals surface area contributed by atoms with Gasteiger partial charge in [-0.3, -0.25) is 9.59 Å². The zero-order valence-electron chi connectivity index (χ0n) is 24.9. The number of hydrogen-bond donors (Lipinski definition) is 4. The summed E-state index contributed by atoms with van der Waals surface area (Å²) in [5.41, 5.74) is 13.4. The number of likely N-dealkylation sites (tertiary alicyclic amines) is 1. The third kappa shape index (κ3) is 9.10. The van der Waals surface area contributed by atoms with Gasteiger partial charge in [-0.15, -0.1) is 0 Å². The number of nitrogens with one attached hydrogen (secondary N) is 2. The second kappa shape index (κ2) is 15.4. The number of anilines is 2. The summed E-state index contributed by atoms with van der Waals surface area (Å²) < 4.78 is 19.2. The highest BCUT2D eigenvalue weighted by atomic mass is 35.5. The molecule has 234 valence electrons. The quantitative estimate of drug-likeness (QED) is 0.158. The lowest BCUT2D eigenvalue weighted by atomic mass is 10.0. The number of primary amides is 2. The average Bonchev–Trinajstić information content (AvgIpc) is 3.42. The van der Waals surface area contributed by atoms with Gasteiger partial charge in [0, 0.05) is 66.9 Å². The van der Waals surface area contributed by atoms with Gasteiger partial charge in [-0.25, -0.2) is 19.3 Å². The number of halogens is 2. The Labute approximate surface area is 260 Å². The number of benzene rings is 2. The zero-order chi connectivity index (χ0) is 31.6. The maximum Gasteiger partial charge on any atom is 0.223 e.